The minimum absolute atomic E-state index is 0.0153. The lowest BCUT2D eigenvalue weighted by Crippen LogP contribution is -2.54. The number of carboxylic acid groups (broad SMARTS) is 1. The van der Waals surface area contributed by atoms with E-state index in [1.165, 1.54) is 4.90 Å². The molecule has 2 atom stereocenters. The van der Waals surface area contributed by atoms with E-state index >= 15 is 0 Å². The molecule has 1 N–H and O–H groups in total. The Morgan fingerprint density at radius 2 is 1.84 bits per heavy atom. The fourth-order valence-corrected chi connectivity index (χ4v) is 2.35. The van der Waals surface area contributed by atoms with E-state index in [9.17, 15) is 9.59 Å². The fourth-order valence-electron chi connectivity index (χ4n) is 2.35. The first kappa shape index (κ1) is 15.8. The molecule has 1 aliphatic rings. The first-order chi connectivity index (χ1) is 8.79. The lowest BCUT2D eigenvalue weighted by molar-refractivity contribution is -0.138. The summed E-state index contributed by atoms with van der Waals surface area (Å²) in [6, 6.07) is -0.210. The van der Waals surface area contributed by atoms with Crippen LogP contribution in [0.4, 0.5) is 4.79 Å². The number of hydrogen-bond acceptors (Lipinski definition) is 3. The Hall–Kier alpha value is -1.30. The average molecular weight is 272 g/mol. The number of nitrogens with zero attached hydrogens (tertiary/aromatic N) is 2. The fraction of sp³-hybridized carbons (Fsp3) is 0.846. The summed E-state index contributed by atoms with van der Waals surface area (Å²) < 4.78 is 5.58. The molecule has 0 unspecified atom stereocenters. The Kier molecular flexibility index (Phi) is 5.60. The first-order valence-corrected chi connectivity index (χ1v) is 6.70. The zero-order chi connectivity index (χ0) is 14.6. The molecule has 6 nitrogen and oxygen atoms in total. The van der Waals surface area contributed by atoms with E-state index in [1.54, 1.807) is 4.90 Å². The van der Waals surface area contributed by atoms with Crippen LogP contribution in [-0.2, 0) is 9.53 Å². The number of carboxylic acids is 1. The highest BCUT2D eigenvalue weighted by molar-refractivity contribution is 5.80. The molecule has 110 valence electrons. The maximum absolute atomic E-state index is 12.4. The third-order valence-electron chi connectivity index (χ3n) is 2.87. The van der Waals surface area contributed by atoms with E-state index in [2.05, 4.69) is 0 Å². The van der Waals surface area contributed by atoms with E-state index in [-0.39, 0.29) is 30.7 Å². The van der Waals surface area contributed by atoms with Crippen LogP contribution in [0.3, 0.4) is 0 Å². The van der Waals surface area contributed by atoms with Crippen LogP contribution in [0.15, 0.2) is 0 Å². The van der Waals surface area contributed by atoms with Gasteiger partial charge in [0.2, 0.25) is 0 Å². The van der Waals surface area contributed by atoms with E-state index in [4.69, 9.17) is 9.84 Å². The molecule has 0 aromatic rings. The van der Waals surface area contributed by atoms with Gasteiger partial charge < -0.3 is 19.6 Å². The predicted molar refractivity (Wildman–Crippen MR) is 71.0 cm³/mol. The summed E-state index contributed by atoms with van der Waals surface area (Å²) >= 11 is 0. The minimum atomic E-state index is -0.983. The van der Waals surface area contributed by atoms with Gasteiger partial charge in [-0.25, -0.2) is 4.79 Å². The summed E-state index contributed by atoms with van der Waals surface area (Å²) in [5.74, 6) is -0.748. The van der Waals surface area contributed by atoms with E-state index in [1.807, 2.05) is 27.7 Å². The van der Waals surface area contributed by atoms with Crippen LogP contribution >= 0.6 is 0 Å². The second-order valence-electron chi connectivity index (χ2n) is 5.61. The van der Waals surface area contributed by atoms with Gasteiger partial charge in [0.05, 0.1) is 12.2 Å². The SMILES string of the molecule is CC(C)CN(CC(=O)O)C(=O)N1C[C@@H](C)O[C@@H](C)C1. The maximum atomic E-state index is 12.4. The third kappa shape index (κ3) is 5.06. The molecule has 0 aromatic heterocycles. The lowest BCUT2D eigenvalue weighted by atomic mass is 10.2. The van der Waals surface area contributed by atoms with Crippen LogP contribution in [0.5, 0.6) is 0 Å². The van der Waals surface area contributed by atoms with Crippen LogP contribution in [-0.4, -0.2) is 65.3 Å². The number of hydrogen-bond donors (Lipinski definition) is 1. The molecule has 1 aliphatic heterocycles. The highest BCUT2D eigenvalue weighted by Crippen LogP contribution is 2.13. The number of morpholine rings is 1. The van der Waals surface area contributed by atoms with Gasteiger partial charge in [0, 0.05) is 19.6 Å². The lowest BCUT2D eigenvalue weighted by Gasteiger charge is -2.38. The number of carbonyl (C=O) groups excluding carboxylic acids is 1. The number of rotatable bonds is 4. The third-order valence-corrected chi connectivity index (χ3v) is 2.87. The van der Waals surface area contributed by atoms with Gasteiger partial charge in [-0.2, -0.15) is 0 Å². The van der Waals surface area contributed by atoms with Crippen LogP contribution in [0, 0.1) is 5.92 Å². The second-order valence-corrected chi connectivity index (χ2v) is 5.61. The van der Waals surface area contributed by atoms with Gasteiger partial charge in [0.15, 0.2) is 0 Å². The summed E-state index contributed by atoms with van der Waals surface area (Å²) in [4.78, 5) is 26.3. The van der Waals surface area contributed by atoms with Crippen molar-refractivity contribution in [2.75, 3.05) is 26.2 Å². The highest BCUT2D eigenvalue weighted by atomic mass is 16.5. The normalized spacial score (nSPS) is 23.5. The van der Waals surface area contributed by atoms with Crippen molar-refractivity contribution in [3.63, 3.8) is 0 Å². The topological polar surface area (TPSA) is 70.1 Å². The van der Waals surface area contributed by atoms with E-state index in [0.717, 1.165) is 0 Å². The summed E-state index contributed by atoms with van der Waals surface area (Å²) in [6.45, 7) is 8.98. The van der Waals surface area contributed by atoms with Crippen molar-refractivity contribution in [3.8, 4) is 0 Å². The Balaban J connectivity index is 2.71. The molecule has 0 aliphatic carbocycles. The summed E-state index contributed by atoms with van der Waals surface area (Å²) in [7, 11) is 0. The molecule has 6 heteroatoms. The van der Waals surface area contributed by atoms with Gasteiger partial charge in [-0.1, -0.05) is 13.8 Å². The van der Waals surface area contributed by atoms with Crippen LogP contribution in [0.2, 0.25) is 0 Å². The molecule has 0 bridgehead atoms. The number of ether oxygens (including phenoxy) is 1. The van der Waals surface area contributed by atoms with Gasteiger partial charge in [0.1, 0.15) is 6.54 Å². The molecule has 1 rings (SSSR count). The smallest absolute Gasteiger partial charge is 0.323 e. The number of urea groups is 1. The average Bonchev–Trinajstić information content (AvgIpc) is 2.24. The molecular weight excluding hydrogens is 248 g/mol. The van der Waals surface area contributed by atoms with Crippen molar-refractivity contribution >= 4 is 12.0 Å². The molecule has 2 amide bonds. The second kappa shape index (κ2) is 6.75. The molecule has 0 aromatic carbocycles. The van der Waals surface area contributed by atoms with Crippen molar-refractivity contribution < 1.29 is 19.4 Å². The first-order valence-electron chi connectivity index (χ1n) is 6.70. The van der Waals surface area contributed by atoms with Crippen LogP contribution in [0.1, 0.15) is 27.7 Å². The molecule has 0 spiro atoms. The number of carbonyl (C=O) groups is 2. The van der Waals surface area contributed by atoms with Crippen LogP contribution in [0.25, 0.3) is 0 Å². The van der Waals surface area contributed by atoms with Crippen molar-refractivity contribution in [2.45, 2.75) is 39.9 Å². The maximum Gasteiger partial charge on any atom is 0.323 e. The summed E-state index contributed by atoms with van der Waals surface area (Å²) in [5, 5.41) is 8.91. The number of amides is 2. The predicted octanol–water partition coefficient (Wildman–Crippen LogP) is 1.26. The standard InChI is InChI=1S/C13H24N2O4/c1-9(2)5-14(8-12(16)17)13(18)15-6-10(3)19-11(4)7-15/h9-11H,5-8H2,1-4H3,(H,16,17)/t10-,11+. The zero-order valence-electron chi connectivity index (χ0n) is 12.1. The molecular formula is C13H24N2O4. The molecule has 1 fully saturated rings. The molecule has 1 heterocycles. The minimum Gasteiger partial charge on any atom is -0.480 e. The van der Waals surface area contributed by atoms with Crippen molar-refractivity contribution in [1.82, 2.24) is 9.80 Å². The molecule has 19 heavy (non-hydrogen) atoms. The summed E-state index contributed by atoms with van der Waals surface area (Å²) in [6.07, 6.45) is -0.0307. The Bertz CT molecular complexity index is 323. The van der Waals surface area contributed by atoms with Gasteiger partial charge in [-0.05, 0) is 19.8 Å². The van der Waals surface area contributed by atoms with E-state index < -0.39 is 5.97 Å². The highest BCUT2D eigenvalue weighted by Gasteiger charge is 2.30. The van der Waals surface area contributed by atoms with Crippen molar-refractivity contribution in [3.05, 3.63) is 0 Å². The summed E-state index contributed by atoms with van der Waals surface area (Å²) in [5.41, 5.74) is 0. The van der Waals surface area contributed by atoms with Gasteiger partial charge >= 0.3 is 12.0 Å². The molecule has 0 saturated carbocycles. The van der Waals surface area contributed by atoms with E-state index in [0.29, 0.717) is 19.6 Å². The van der Waals surface area contributed by atoms with Crippen LogP contribution < -0.4 is 0 Å². The largest absolute Gasteiger partial charge is 0.480 e. The van der Waals surface area contributed by atoms with Gasteiger partial charge in [0.25, 0.3) is 0 Å². The zero-order valence-corrected chi connectivity index (χ0v) is 12.1. The van der Waals surface area contributed by atoms with Gasteiger partial charge in [-0.15, -0.1) is 0 Å². The monoisotopic (exact) mass is 272 g/mol. The van der Waals surface area contributed by atoms with Crippen molar-refractivity contribution in [1.29, 1.82) is 0 Å². The molecule has 1 saturated heterocycles. The Morgan fingerprint density at radius 1 is 1.32 bits per heavy atom. The van der Waals surface area contributed by atoms with Crippen molar-refractivity contribution in [2.24, 2.45) is 5.92 Å². The number of aliphatic carboxylic acids is 1. The van der Waals surface area contributed by atoms with Gasteiger partial charge in [-0.3, -0.25) is 4.79 Å². The molecule has 0 radical (unpaired) electrons. The Labute approximate surface area is 114 Å². The Morgan fingerprint density at radius 3 is 2.26 bits per heavy atom. The quantitative estimate of drug-likeness (QED) is 0.836.